The van der Waals surface area contributed by atoms with Gasteiger partial charge in [-0.05, 0) is 49.6 Å². The van der Waals surface area contributed by atoms with Crippen molar-refractivity contribution in [3.8, 4) is 11.5 Å². The minimum Gasteiger partial charge on any atom is -0.436 e. The molecule has 2 aromatic carbocycles. The van der Waals surface area contributed by atoms with E-state index < -0.39 is 5.54 Å². The zero-order valence-electron chi connectivity index (χ0n) is 12.6. The van der Waals surface area contributed by atoms with Crippen molar-refractivity contribution in [2.24, 2.45) is 5.73 Å². The summed E-state index contributed by atoms with van der Waals surface area (Å²) < 4.78 is 5.80. The van der Waals surface area contributed by atoms with Crippen LogP contribution in [0.3, 0.4) is 0 Å². The maximum Gasteiger partial charge on any atom is 0.227 e. The highest BCUT2D eigenvalue weighted by atomic mass is 16.3. The Balaban J connectivity index is 1.85. The molecule has 22 heavy (non-hydrogen) atoms. The number of hydrogen-bond donors (Lipinski definition) is 2. The third kappa shape index (κ3) is 3.18. The zero-order valence-corrected chi connectivity index (χ0v) is 12.6. The number of aromatic nitrogens is 1. The lowest BCUT2D eigenvalue weighted by Crippen LogP contribution is -2.40. The van der Waals surface area contributed by atoms with E-state index in [0.717, 1.165) is 35.1 Å². The number of benzene rings is 2. The molecule has 0 fully saturated rings. The molecule has 0 unspecified atom stereocenters. The van der Waals surface area contributed by atoms with Crippen LogP contribution in [0.4, 0.5) is 0 Å². The molecule has 3 N–H and O–H groups in total. The fraction of sp³-hybridized carbons (Fsp3) is 0.278. The maximum atomic E-state index is 9.22. The molecule has 0 spiro atoms. The van der Waals surface area contributed by atoms with E-state index in [-0.39, 0.29) is 6.61 Å². The van der Waals surface area contributed by atoms with E-state index in [1.165, 1.54) is 0 Å². The fourth-order valence-electron chi connectivity index (χ4n) is 2.34. The van der Waals surface area contributed by atoms with Crippen molar-refractivity contribution >= 4 is 11.1 Å². The Bertz CT molecular complexity index is 763. The van der Waals surface area contributed by atoms with Crippen LogP contribution in [-0.2, 0) is 6.42 Å². The minimum atomic E-state index is -0.548. The van der Waals surface area contributed by atoms with E-state index >= 15 is 0 Å². The van der Waals surface area contributed by atoms with E-state index in [9.17, 15) is 5.11 Å². The number of nitrogens with zero attached hydrogens (tertiary/aromatic N) is 1. The van der Waals surface area contributed by atoms with Crippen molar-refractivity contribution in [3.63, 3.8) is 0 Å². The van der Waals surface area contributed by atoms with Crippen LogP contribution in [-0.4, -0.2) is 22.2 Å². The number of aliphatic hydroxyl groups excluding tert-OH is 1. The second-order valence-corrected chi connectivity index (χ2v) is 6.00. The van der Waals surface area contributed by atoms with Gasteiger partial charge in [-0.15, -0.1) is 0 Å². The number of hydrogen-bond acceptors (Lipinski definition) is 4. The molecule has 3 aromatic rings. The number of oxazole rings is 1. The average molecular weight is 296 g/mol. The highest BCUT2D eigenvalue weighted by Gasteiger charge is 2.17. The smallest absolute Gasteiger partial charge is 0.227 e. The van der Waals surface area contributed by atoms with Crippen molar-refractivity contribution in [1.82, 2.24) is 4.98 Å². The number of fused-ring (bicyclic) bond motifs is 1. The van der Waals surface area contributed by atoms with Crippen molar-refractivity contribution in [2.45, 2.75) is 25.3 Å². The van der Waals surface area contributed by atoms with E-state index in [2.05, 4.69) is 4.98 Å². The number of aryl methyl sites for hydroxylation is 1. The van der Waals surface area contributed by atoms with Gasteiger partial charge in [0, 0.05) is 11.1 Å². The van der Waals surface area contributed by atoms with Gasteiger partial charge in [-0.1, -0.05) is 24.3 Å². The zero-order chi connectivity index (χ0) is 15.6. The molecular formula is C18H20N2O2. The van der Waals surface area contributed by atoms with Gasteiger partial charge in [0.15, 0.2) is 5.58 Å². The predicted octanol–water partition coefficient (Wildman–Crippen LogP) is 3.14. The summed E-state index contributed by atoms with van der Waals surface area (Å²) in [5.74, 6) is 0.631. The van der Waals surface area contributed by atoms with Crippen LogP contribution in [0.25, 0.3) is 22.6 Å². The summed E-state index contributed by atoms with van der Waals surface area (Å²) in [6, 6.07) is 15.8. The summed E-state index contributed by atoms with van der Waals surface area (Å²) in [6.07, 6.45) is 1.52. The van der Waals surface area contributed by atoms with Crippen LogP contribution in [0.5, 0.6) is 0 Å². The van der Waals surface area contributed by atoms with Crippen LogP contribution in [0.1, 0.15) is 18.9 Å². The van der Waals surface area contributed by atoms with Gasteiger partial charge >= 0.3 is 0 Å². The van der Waals surface area contributed by atoms with Gasteiger partial charge in [-0.3, -0.25) is 0 Å². The molecule has 0 bridgehead atoms. The fourth-order valence-corrected chi connectivity index (χ4v) is 2.34. The SMILES string of the molecule is C[C@](N)(CO)CCc1ccc2oc(-c3ccccc3)nc2c1. The van der Waals surface area contributed by atoms with E-state index in [4.69, 9.17) is 10.2 Å². The Morgan fingerprint density at radius 1 is 1.18 bits per heavy atom. The van der Waals surface area contributed by atoms with Gasteiger partial charge in [0.25, 0.3) is 0 Å². The molecule has 0 amide bonds. The standard InChI is InChI=1S/C18H20N2O2/c1-18(19,12-21)10-9-13-7-8-16-15(11-13)20-17(22-16)14-5-3-2-4-6-14/h2-8,11,21H,9-10,12,19H2,1H3/t18-/m1/s1. The summed E-state index contributed by atoms with van der Waals surface area (Å²) >= 11 is 0. The normalized spacial score (nSPS) is 14.1. The van der Waals surface area contributed by atoms with Gasteiger partial charge in [-0.25, -0.2) is 4.98 Å². The third-order valence-electron chi connectivity index (χ3n) is 3.82. The Hall–Kier alpha value is -2.17. The molecule has 114 valence electrons. The van der Waals surface area contributed by atoms with Crippen molar-refractivity contribution in [2.75, 3.05) is 6.61 Å². The molecule has 4 nitrogen and oxygen atoms in total. The second-order valence-electron chi connectivity index (χ2n) is 6.00. The van der Waals surface area contributed by atoms with Crippen LogP contribution in [0, 0.1) is 0 Å². The van der Waals surface area contributed by atoms with Gasteiger partial charge < -0.3 is 15.3 Å². The molecule has 0 aliphatic heterocycles. The van der Waals surface area contributed by atoms with Crippen LogP contribution in [0.15, 0.2) is 52.9 Å². The Morgan fingerprint density at radius 3 is 2.68 bits per heavy atom. The summed E-state index contributed by atoms with van der Waals surface area (Å²) in [6.45, 7) is 1.84. The Labute approximate surface area is 129 Å². The summed E-state index contributed by atoms with van der Waals surface area (Å²) in [4.78, 5) is 4.56. The maximum absolute atomic E-state index is 9.22. The molecule has 0 aliphatic rings. The molecule has 0 radical (unpaired) electrons. The largest absolute Gasteiger partial charge is 0.436 e. The molecule has 0 aliphatic carbocycles. The lowest BCUT2D eigenvalue weighted by atomic mass is 9.95. The highest BCUT2D eigenvalue weighted by molar-refractivity contribution is 5.76. The first-order valence-electron chi connectivity index (χ1n) is 7.42. The second kappa shape index (κ2) is 5.91. The van der Waals surface area contributed by atoms with Gasteiger partial charge in [0.05, 0.1) is 6.61 Å². The average Bonchev–Trinajstić information content (AvgIpc) is 2.97. The van der Waals surface area contributed by atoms with Gasteiger partial charge in [0.2, 0.25) is 5.89 Å². The van der Waals surface area contributed by atoms with E-state index in [1.807, 2.05) is 55.5 Å². The summed E-state index contributed by atoms with van der Waals surface area (Å²) in [5, 5.41) is 9.22. The highest BCUT2D eigenvalue weighted by Crippen LogP contribution is 2.25. The predicted molar refractivity (Wildman–Crippen MR) is 87.4 cm³/mol. The third-order valence-corrected chi connectivity index (χ3v) is 3.82. The molecule has 1 aromatic heterocycles. The van der Waals surface area contributed by atoms with Gasteiger partial charge in [0.1, 0.15) is 5.52 Å². The number of aliphatic hydroxyl groups is 1. The molecule has 0 saturated heterocycles. The molecule has 1 atom stereocenters. The summed E-state index contributed by atoms with van der Waals surface area (Å²) in [7, 11) is 0. The van der Waals surface area contributed by atoms with Gasteiger partial charge in [-0.2, -0.15) is 0 Å². The van der Waals surface area contributed by atoms with Crippen molar-refractivity contribution < 1.29 is 9.52 Å². The first-order chi connectivity index (χ1) is 10.6. The molecule has 1 heterocycles. The molecule has 0 saturated carbocycles. The van der Waals surface area contributed by atoms with E-state index in [0.29, 0.717) is 5.89 Å². The molecule has 3 rings (SSSR count). The Morgan fingerprint density at radius 2 is 1.95 bits per heavy atom. The van der Waals surface area contributed by atoms with Crippen LogP contribution >= 0.6 is 0 Å². The quantitative estimate of drug-likeness (QED) is 0.758. The first-order valence-corrected chi connectivity index (χ1v) is 7.42. The number of rotatable bonds is 5. The van der Waals surface area contributed by atoms with Crippen LogP contribution in [0.2, 0.25) is 0 Å². The van der Waals surface area contributed by atoms with Crippen molar-refractivity contribution in [1.29, 1.82) is 0 Å². The lowest BCUT2D eigenvalue weighted by molar-refractivity contribution is 0.200. The van der Waals surface area contributed by atoms with Crippen molar-refractivity contribution in [3.05, 3.63) is 54.1 Å². The number of nitrogens with two attached hydrogens (primary N) is 1. The monoisotopic (exact) mass is 296 g/mol. The molecule has 4 heteroatoms. The minimum absolute atomic E-state index is 0.0165. The molecular weight excluding hydrogens is 276 g/mol. The Kier molecular flexibility index (Phi) is 3.96. The van der Waals surface area contributed by atoms with E-state index in [1.54, 1.807) is 0 Å². The topological polar surface area (TPSA) is 72.3 Å². The lowest BCUT2D eigenvalue weighted by Gasteiger charge is -2.21. The summed E-state index contributed by atoms with van der Waals surface area (Å²) in [5.41, 5.74) is 9.16. The first kappa shape index (κ1) is 14.8. The van der Waals surface area contributed by atoms with Crippen LogP contribution < -0.4 is 5.73 Å².